The first-order valence-electron chi connectivity index (χ1n) is 26.7. The Morgan fingerprint density at radius 1 is 0.818 bits per heavy atom. The first kappa shape index (κ1) is 61.0. The van der Waals surface area contributed by atoms with Gasteiger partial charge in [0.2, 0.25) is 41.2 Å². The van der Waals surface area contributed by atoms with Crippen LogP contribution in [-0.2, 0) is 64.1 Å². The van der Waals surface area contributed by atoms with Gasteiger partial charge in [-0.1, -0.05) is 50.2 Å². The number of fused-ring (bicyclic) bond motifs is 4. The molecule has 464 valence electrons. The van der Waals surface area contributed by atoms with Crippen LogP contribution < -0.4 is 30.7 Å². The molecule has 1 unspecified atom stereocenters. The number of carbonyl (C=O) groups is 3. The lowest BCUT2D eigenvalue weighted by molar-refractivity contribution is -0.253. The van der Waals surface area contributed by atoms with Gasteiger partial charge >= 0.3 is 24.8 Å². The van der Waals surface area contributed by atoms with E-state index in [-0.39, 0.29) is 82.3 Å². The van der Waals surface area contributed by atoms with Gasteiger partial charge in [-0.15, -0.1) is 10.2 Å². The topological polar surface area (TPSA) is 300 Å². The summed E-state index contributed by atoms with van der Waals surface area (Å²) in [6, 6.07) is 14.1. The monoisotopic (exact) mass is 1270 g/mol. The molecule has 0 spiro atoms. The Hall–Kier alpha value is -8.62. The highest BCUT2D eigenvalue weighted by Crippen LogP contribution is 2.52. The quantitative estimate of drug-likeness (QED) is 0.0971. The lowest BCUT2D eigenvalue weighted by Crippen LogP contribution is -2.61. The summed E-state index contributed by atoms with van der Waals surface area (Å²) in [5.74, 6) is -4.96. The van der Waals surface area contributed by atoms with Crippen molar-refractivity contribution < 1.29 is 89.5 Å². The molecule has 4 aliphatic heterocycles. The molecule has 5 aliphatic rings. The number of carbonyl (C=O) groups excluding carboxylic acids is 3. The Kier molecular flexibility index (Phi) is 15.4. The van der Waals surface area contributed by atoms with Gasteiger partial charge in [-0.25, -0.2) is 31.0 Å². The third kappa shape index (κ3) is 11.7. The molecule has 3 atom stereocenters. The zero-order chi connectivity index (χ0) is 63.2. The molecule has 3 amide bonds. The number of nitrogens with two attached hydrogens (primary N) is 2. The average molecular weight is 1270 g/mol. The van der Waals surface area contributed by atoms with Crippen LogP contribution in [0.4, 0.5) is 51.3 Å². The number of ether oxygens (including phenoxy) is 3. The van der Waals surface area contributed by atoms with E-state index in [1.54, 1.807) is 0 Å². The van der Waals surface area contributed by atoms with Crippen LogP contribution in [0.5, 0.6) is 17.4 Å². The largest absolute Gasteiger partial charge is 0.461 e. The van der Waals surface area contributed by atoms with Gasteiger partial charge < -0.3 is 49.3 Å². The van der Waals surface area contributed by atoms with Crippen molar-refractivity contribution in [3.8, 4) is 40.2 Å². The first-order valence-corrected chi connectivity index (χ1v) is 29.9. The predicted molar refractivity (Wildman–Crippen MR) is 291 cm³/mol. The lowest BCUT2D eigenvalue weighted by atomic mass is 9.58. The van der Waals surface area contributed by atoms with Crippen molar-refractivity contribution in [1.29, 1.82) is 0 Å². The van der Waals surface area contributed by atoms with Crippen molar-refractivity contribution in [2.24, 2.45) is 17.4 Å². The van der Waals surface area contributed by atoms with Gasteiger partial charge in [-0.2, -0.15) is 35.7 Å². The van der Waals surface area contributed by atoms with Gasteiger partial charge in [0, 0.05) is 36.3 Å². The normalized spacial score (nSPS) is 21.7. The number of rotatable bonds is 14. The SMILES string of the molecule is CC(C)(C)c1nnc(-c2ccc3c(c2)N(Cc2ccc(Oc4ccc(C(F)(F)F)cn4)cc2)C(=O)[C@@H](N)C(COC(=O)N2CC4CC(c5nc(-c6cc7c(cc6F)S(=O)(=O)C[C@H](N)C(=O)N7Cc6ccc(OC(F)(F)C(F)F)cc6)no5)(C4)C2)S3(=O)=O)o1. The number of alkyl halides is 7. The second-order valence-electron chi connectivity index (χ2n) is 22.7. The van der Waals surface area contributed by atoms with Crippen molar-refractivity contribution in [3.63, 3.8) is 0 Å². The Balaban J connectivity index is 0.823. The minimum Gasteiger partial charge on any atom is -0.448 e. The van der Waals surface area contributed by atoms with E-state index >= 15 is 4.39 Å². The number of pyridine rings is 1. The fourth-order valence-electron chi connectivity index (χ4n) is 10.8. The molecule has 32 heteroatoms. The molecule has 12 rings (SSSR count). The zero-order valence-electron chi connectivity index (χ0n) is 46.3. The van der Waals surface area contributed by atoms with Gasteiger partial charge in [-0.05, 0) is 90.6 Å². The van der Waals surface area contributed by atoms with Gasteiger partial charge in [0.25, 0.3) is 0 Å². The number of amides is 3. The van der Waals surface area contributed by atoms with Crippen LogP contribution in [0.3, 0.4) is 0 Å². The number of sulfone groups is 2. The molecule has 4 aromatic carbocycles. The van der Waals surface area contributed by atoms with Crippen LogP contribution in [0.15, 0.2) is 116 Å². The molecule has 3 aromatic heterocycles. The highest BCUT2D eigenvalue weighted by Gasteiger charge is 2.56. The summed E-state index contributed by atoms with van der Waals surface area (Å²) in [6.45, 7) is 3.81. The maximum absolute atomic E-state index is 16.2. The van der Waals surface area contributed by atoms with E-state index in [0.29, 0.717) is 30.7 Å². The van der Waals surface area contributed by atoms with Crippen LogP contribution in [0.1, 0.15) is 62.1 Å². The summed E-state index contributed by atoms with van der Waals surface area (Å²) in [5.41, 5.74) is 9.88. The minimum absolute atomic E-state index is 0.00183. The number of halogens is 8. The summed E-state index contributed by atoms with van der Waals surface area (Å²) in [4.78, 5) is 53.1. The average Bonchev–Trinajstić information content (AvgIpc) is 1.37. The van der Waals surface area contributed by atoms with Crippen molar-refractivity contribution in [2.75, 3.05) is 35.2 Å². The predicted octanol–water partition coefficient (Wildman–Crippen LogP) is 8.13. The van der Waals surface area contributed by atoms with E-state index in [1.165, 1.54) is 47.4 Å². The highest BCUT2D eigenvalue weighted by atomic mass is 32.2. The number of hydrogen-bond donors (Lipinski definition) is 2. The second kappa shape index (κ2) is 22.2. The molecule has 1 saturated carbocycles. The van der Waals surface area contributed by atoms with E-state index in [9.17, 15) is 62.0 Å². The summed E-state index contributed by atoms with van der Waals surface area (Å²) in [6.07, 6.45) is -13.2. The highest BCUT2D eigenvalue weighted by molar-refractivity contribution is 7.92. The maximum atomic E-state index is 16.2. The van der Waals surface area contributed by atoms with Gasteiger partial charge in [-0.3, -0.25) is 9.59 Å². The first-order chi connectivity index (χ1) is 41.3. The number of aromatic nitrogens is 5. The molecule has 2 saturated heterocycles. The van der Waals surface area contributed by atoms with Crippen molar-refractivity contribution in [3.05, 3.63) is 131 Å². The van der Waals surface area contributed by atoms with Gasteiger partial charge in [0.15, 0.2) is 19.7 Å². The van der Waals surface area contributed by atoms with Crippen molar-refractivity contribution in [1.82, 2.24) is 30.2 Å². The molecule has 0 radical (unpaired) electrons. The summed E-state index contributed by atoms with van der Waals surface area (Å²) in [7, 11) is -9.14. The number of hydrogen-bond acceptors (Lipinski definition) is 19. The number of benzene rings is 4. The number of anilines is 2. The Bertz CT molecular complexity index is 4110. The number of piperidine rings is 2. The van der Waals surface area contributed by atoms with E-state index in [4.69, 9.17) is 29.9 Å². The molecule has 22 nitrogen and oxygen atoms in total. The minimum atomic E-state index is -4.82. The van der Waals surface area contributed by atoms with Crippen molar-refractivity contribution >= 4 is 49.0 Å². The molecule has 7 aromatic rings. The molecule has 1 aliphatic carbocycles. The molecule has 2 bridgehead atoms. The molecule has 88 heavy (non-hydrogen) atoms. The van der Waals surface area contributed by atoms with Gasteiger partial charge in [0.05, 0.1) is 62.6 Å². The molecular weight excluding hydrogens is 1220 g/mol. The van der Waals surface area contributed by atoms with E-state index in [0.717, 1.165) is 52.3 Å². The molecule has 3 fully saturated rings. The standard InChI is InChI=1S/C56H50F8N10O12S2/c1-53(2,3)50-70-69-46(84-50)31-8-14-40-38(16-31)74(24-28-4-10-33(11-5-28)83-43-15-9-32(21-67-43)55(60,61)62)48(76)44(66)42(88(40,80)81)25-82-52(77)72-22-30-19-54(20-30,27-72)51-68-45(71-86-51)35-17-39-41(18-36(35)57)87(78,79)26-37(65)47(75)73(39)23-29-6-12-34(13-7-29)85-56(63,64)49(58)59/h4-18,21,30,37,42,44,49H,19-20,22-27,65-66H2,1-3H3/t30?,37-,42?,44-,54?/m0/s1. The Morgan fingerprint density at radius 3 is 2.08 bits per heavy atom. The number of nitrogens with zero attached hydrogens (tertiary/aromatic N) is 8. The van der Waals surface area contributed by atoms with Gasteiger partial charge in [0.1, 0.15) is 35.2 Å². The summed E-state index contributed by atoms with van der Waals surface area (Å²) >= 11 is 0. The van der Waals surface area contributed by atoms with Crippen LogP contribution >= 0.6 is 0 Å². The van der Waals surface area contributed by atoms with E-state index in [1.807, 2.05) is 20.8 Å². The third-order valence-corrected chi connectivity index (χ3v) is 19.3. The fourth-order valence-corrected chi connectivity index (χ4v) is 14.2. The third-order valence-electron chi connectivity index (χ3n) is 15.3. The summed E-state index contributed by atoms with van der Waals surface area (Å²) < 4.78 is 192. The van der Waals surface area contributed by atoms with E-state index < -0.39 is 137 Å². The molecule has 7 heterocycles. The van der Waals surface area contributed by atoms with Crippen LogP contribution in [0.2, 0.25) is 0 Å². The van der Waals surface area contributed by atoms with Crippen LogP contribution in [0.25, 0.3) is 22.8 Å². The van der Waals surface area contributed by atoms with Crippen LogP contribution in [0, 0.1) is 11.7 Å². The molecular formula is C56H50F8N10O12S2. The lowest BCUT2D eigenvalue weighted by Gasteiger charge is -2.53. The van der Waals surface area contributed by atoms with Crippen LogP contribution in [-0.4, -0.2) is 120 Å². The smallest absolute Gasteiger partial charge is 0.448 e. The van der Waals surface area contributed by atoms with Crippen molar-refractivity contribution in [2.45, 2.75) is 103 Å². The molecule has 4 N–H and O–H groups in total. The Morgan fingerprint density at radius 2 is 1.47 bits per heavy atom. The second-order valence-corrected chi connectivity index (χ2v) is 26.8. The maximum Gasteiger partial charge on any atom is 0.461 e. The van der Waals surface area contributed by atoms with E-state index in [2.05, 4.69) is 30.1 Å². The Labute approximate surface area is 494 Å². The fraction of sp³-hybridized carbons (Fsp3) is 0.357. The summed E-state index contributed by atoms with van der Waals surface area (Å²) in [5, 5.41) is 10.4. The zero-order valence-corrected chi connectivity index (χ0v) is 47.9.